The summed E-state index contributed by atoms with van der Waals surface area (Å²) in [5, 5.41) is 12.4. The van der Waals surface area contributed by atoms with E-state index in [9.17, 15) is 23.7 Å². The number of nitro benzene ring substituents is 1. The molecule has 0 spiro atoms. The van der Waals surface area contributed by atoms with Gasteiger partial charge in [-0.25, -0.2) is 8.78 Å². The minimum absolute atomic E-state index is 0. The maximum atomic E-state index is 12.8. The Morgan fingerprint density at radius 2 is 2.11 bits per heavy atom. The molecule has 106 valence electrons. The topological polar surface area (TPSA) is 98.3 Å². The number of nitrogens with one attached hydrogen (secondary N) is 1. The molecule has 0 atom stereocenters. The van der Waals surface area contributed by atoms with Crippen molar-refractivity contribution in [2.45, 2.75) is 5.92 Å². The van der Waals surface area contributed by atoms with E-state index in [1.54, 1.807) is 0 Å². The third kappa shape index (κ3) is 5.14. The number of non-ortho nitro benzene ring substituents is 1. The molecule has 0 aliphatic carbocycles. The first-order valence-electron chi connectivity index (χ1n) is 4.96. The molecule has 1 rings (SSSR count). The molecule has 0 unspecified atom stereocenters. The summed E-state index contributed by atoms with van der Waals surface area (Å²) < 4.78 is 25.6. The molecule has 3 N–H and O–H groups in total. The van der Waals surface area contributed by atoms with Crippen molar-refractivity contribution in [3.8, 4) is 0 Å². The molecule has 1 aromatic rings. The fraction of sp³-hybridized carbons (Fsp3) is 0.300. The van der Waals surface area contributed by atoms with Crippen molar-refractivity contribution in [3.05, 3.63) is 39.9 Å². The van der Waals surface area contributed by atoms with Crippen molar-refractivity contribution in [3.63, 3.8) is 0 Å². The van der Waals surface area contributed by atoms with E-state index < -0.39 is 29.8 Å². The molecule has 19 heavy (non-hydrogen) atoms. The van der Waals surface area contributed by atoms with Gasteiger partial charge in [-0.1, -0.05) is 6.07 Å². The van der Waals surface area contributed by atoms with Gasteiger partial charge in [-0.15, -0.1) is 12.4 Å². The minimum atomic E-state index is -3.20. The number of carbonyl (C=O) groups is 1. The molecule has 0 fully saturated rings. The molecule has 0 radical (unpaired) electrons. The zero-order valence-electron chi connectivity index (χ0n) is 9.64. The molecule has 0 aliphatic heterocycles. The lowest BCUT2D eigenvalue weighted by molar-refractivity contribution is -0.384. The smallest absolute Gasteiger partial charge is 0.277 e. The summed E-state index contributed by atoms with van der Waals surface area (Å²) in [6.45, 7) is -1.80. The Labute approximate surface area is 113 Å². The normalized spacial score (nSPS) is 10.5. The fourth-order valence-electron chi connectivity index (χ4n) is 1.14. The van der Waals surface area contributed by atoms with Crippen molar-refractivity contribution in [1.82, 2.24) is 5.32 Å². The van der Waals surface area contributed by atoms with Gasteiger partial charge in [-0.2, -0.15) is 0 Å². The number of rotatable bonds is 5. The van der Waals surface area contributed by atoms with Gasteiger partial charge in [-0.05, 0) is 6.07 Å². The third-order valence-corrected chi connectivity index (χ3v) is 2.13. The van der Waals surface area contributed by atoms with Gasteiger partial charge in [0, 0.05) is 17.7 Å². The zero-order chi connectivity index (χ0) is 13.8. The first-order chi connectivity index (χ1) is 8.35. The summed E-state index contributed by atoms with van der Waals surface area (Å²) >= 11 is 0. The maximum Gasteiger partial charge on any atom is 0.277 e. The van der Waals surface area contributed by atoms with Crippen LogP contribution in [0.4, 0.5) is 14.5 Å². The molecule has 0 heterocycles. The number of nitro groups is 1. The predicted molar refractivity (Wildman–Crippen MR) is 66.7 cm³/mol. The molecule has 0 saturated carbocycles. The van der Waals surface area contributed by atoms with Gasteiger partial charge in [-0.3, -0.25) is 14.9 Å². The van der Waals surface area contributed by atoms with Crippen molar-refractivity contribution in [2.24, 2.45) is 5.73 Å². The number of carbonyl (C=O) groups excluding carboxylic acids is 1. The Hall–Kier alpha value is -1.80. The SMILES string of the molecule is Cl.NCC(F)(F)CNC(=O)c1cccc([N+](=O)[O-])c1. The second-order valence-corrected chi connectivity index (χ2v) is 3.55. The number of nitrogens with zero attached hydrogens (tertiary/aromatic N) is 1. The lowest BCUT2D eigenvalue weighted by Gasteiger charge is -2.14. The number of alkyl halides is 2. The Bertz CT molecular complexity index is 471. The van der Waals surface area contributed by atoms with Crippen LogP contribution in [0.15, 0.2) is 24.3 Å². The van der Waals surface area contributed by atoms with Crippen LogP contribution in [0.2, 0.25) is 0 Å². The van der Waals surface area contributed by atoms with E-state index in [2.05, 4.69) is 0 Å². The van der Waals surface area contributed by atoms with Crippen LogP contribution in [0.5, 0.6) is 0 Å². The fourth-order valence-corrected chi connectivity index (χ4v) is 1.14. The van der Waals surface area contributed by atoms with E-state index in [1.807, 2.05) is 5.32 Å². The van der Waals surface area contributed by atoms with Gasteiger partial charge in [0.2, 0.25) is 0 Å². The van der Waals surface area contributed by atoms with Crippen LogP contribution in [-0.2, 0) is 0 Å². The molecular formula is C10H12ClF2N3O3. The molecule has 0 saturated heterocycles. The molecule has 6 nitrogen and oxygen atoms in total. The van der Waals surface area contributed by atoms with Crippen molar-refractivity contribution in [2.75, 3.05) is 13.1 Å². The minimum Gasteiger partial charge on any atom is -0.346 e. The van der Waals surface area contributed by atoms with Crippen molar-refractivity contribution >= 4 is 24.0 Å². The molecular weight excluding hydrogens is 284 g/mol. The lowest BCUT2D eigenvalue weighted by Crippen LogP contribution is -2.41. The highest BCUT2D eigenvalue weighted by Crippen LogP contribution is 2.14. The number of benzene rings is 1. The highest BCUT2D eigenvalue weighted by molar-refractivity contribution is 5.94. The Morgan fingerprint density at radius 3 is 2.63 bits per heavy atom. The van der Waals surface area contributed by atoms with E-state index >= 15 is 0 Å². The quantitative estimate of drug-likeness (QED) is 0.632. The zero-order valence-corrected chi connectivity index (χ0v) is 10.5. The monoisotopic (exact) mass is 295 g/mol. The summed E-state index contributed by atoms with van der Waals surface area (Å²) in [5.41, 5.74) is 4.46. The first-order valence-corrected chi connectivity index (χ1v) is 4.96. The largest absolute Gasteiger partial charge is 0.346 e. The number of amides is 1. The van der Waals surface area contributed by atoms with E-state index in [1.165, 1.54) is 18.2 Å². The number of nitrogens with two attached hydrogens (primary N) is 1. The summed E-state index contributed by atoms with van der Waals surface area (Å²) in [6, 6.07) is 4.80. The van der Waals surface area contributed by atoms with Crippen LogP contribution in [0.1, 0.15) is 10.4 Å². The van der Waals surface area contributed by atoms with Crippen LogP contribution in [0, 0.1) is 10.1 Å². The molecule has 1 amide bonds. The Morgan fingerprint density at radius 1 is 1.47 bits per heavy atom. The average Bonchev–Trinajstić information content (AvgIpc) is 2.36. The van der Waals surface area contributed by atoms with Crippen LogP contribution < -0.4 is 11.1 Å². The lowest BCUT2D eigenvalue weighted by atomic mass is 10.2. The summed E-state index contributed by atoms with van der Waals surface area (Å²) in [7, 11) is 0. The molecule has 0 aromatic heterocycles. The van der Waals surface area contributed by atoms with E-state index in [0.29, 0.717) is 0 Å². The standard InChI is InChI=1S/C10H11F2N3O3.ClH/c11-10(12,5-13)6-14-9(16)7-2-1-3-8(4-7)15(17)18;/h1-4H,5-6,13H2,(H,14,16);1H. The van der Waals surface area contributed by atoms with Gasteiger partial charge in [0.05, 0.1) is 18.0 Å². The highest BCUT2D eigenvalue weighted by atomic mass is 35.5. The van der Waals surface area contributed by atoms with E-state index in [0.717, 1.165) is 6.07 Å². The second kappa shape index (κ2) is 6.95. The van der Waals surface area contributed by atoms with E-state index in [-0.39, 0.29) is 23.7 Å². The van der Waals surface area contributed by atoms with Crippen molar-refractivity contribution < 1.29 is 18.5 Å². The summed E-state index contributed by atoms with van der Waals surface area (Å²) in [5.74, 6) is -4.01. The van der Waals surface area contributed by atoms with Crippen molar-refractivity contribution in [1.29, 1.82) is 0 Å². The molecule has 1 aromatic carbocycles. The maximum absolute atomic E-state index is 12.8. The first kappa shape index (κ1) is 17.2. The van der Waals surface area contributed by atoms with Gasteiger partial charge in [0.15, 0.2) is 0 Å². The molecule has 0 aliphatic rings. The second-order valence-electron chi connectivity index (χ2n) is 3.55. The highest BCUT2D eigenvalue weighted by Gasteiger charge is 2.27. The van der Waals surface area contributed by atoms with Crippen LogP contribution in [-0.4, -0.2) is 29.8 Å². The third-order valence-electron chi connectivity index (χ3n) is 2.13. The van der Waals surface area contributed by atoms with E-state index in [4.69, 9.17) is 5.73 Å². The van der Waals surface area contributed by atoms with Crippen LogP contribution >= 0.6 is 12.4 Å². The Balaban J connectivity index is 0.00000324. The Kier molecular flexibility index (Phi) is 6.30. The summed E-state index contributed by atoms with van der Waals surface area (Å²) in [6.07, 6.45) is 0. The number of hydrogen-bond donors (Lipinski definition) is 2. The summed E-state index contributed by atoms with van der Waals surface area (Å²) in [4.78, 5) is 21.3. The average molecular weight is 296 g/mol. The van der Waals surface area contributed by atoms with Crippen LogP contribution in [0.3, 0.4) is 0 Å². The van der Waals surface area contributed by atoms with Gasteiger partial charge >= 0.3 is 0 Å². The molecule has 9 heteroatoms. The van der Waals surface area contributed by atoms with Gasteiger partial charge < -0.3 is 11.1 Å². The number of hydrogen-bond acceptors (Lipinski definition) is 4. The van der Waals surface area contributed by atoms with Gasteiger partial charge in [0.25, 0.3) is 17.5 Å². The number of halogens is 3. The van der Waals surface area contributed by atoms with Gasteiger partial charge in [0.1, 0.15) is 0 Å². The molecule has 0 bridgehead atoms. The predicted octanol–water partition coefficient (Wildman–Crippen LogP) is 1.34. The van der Waals surface area contributed by atoms with Crippen LogP contribution in [0.25, 0.3) is 0 Å².